The van der Waals surface area contributed by atoms with Gasteiger partial charge in [-0.05, 0) is 55.7 Å². The van der Waals surface area contributed by atoms with Gasteiger partial charge in [-0.15, -0.1) is 0 Å². The van der Waals surface area contributed by atoms with Crippen LogP contribution in [0.2, 0.25) is 0 Å². The molecular weight excluding hydrogens is 380 g/mol. The molecule has 0 atom stereocenters. The third kappa shape index (κ3) is 5.95. The normalized spacial score (nSPS) is 10.3. The van der Waals surface area contributed by atoms with E-state index in [2.05, 4.69) is 0 Å². The van der Waals surface area contributed by atoms with Gasteiger partial charge in [-0.1, -0.05) is 48.5 Å². The number of carbonyl (C=O) groups is 2. The predicted molar refractivity (Wildman–Crippen MR) is 114 cm³/mol. The van der Waals surface area contributed by atoms with Crippen LogP contribution >= 0.6 is 0 Å². The molecule has 0 aliphatic heterocycles. The van der Waals surface area contributed by atoms with E-state index in [4.69, 9.17) is 14.2 Å². The Labute approximate surface area is 176 Å². The van der Waals surface area contributed by atoms with Gasteiger partial charge >= 0.3 is 11.9 Å². The number of para-hydroxylation sites is 1. The summed E-state index contributed by atoms with van der Waals surface area (Å²) in [6, 6.07) is 23.3. The number of hydrogen-bond donors (Lipinski definition) is 0. The van der Waals surface area contributed by atoms with Crippen molar-refractivity contribution in [1.29, 1.82) is 0 Å². The zero-order valence-electron chi connectivity index (χ0n) is 16.9. The molecule has 0 aliphatic carbocycles. The first-order valence-electron chi connectivity index (χ1n) is 9.92. The molecule has 154 valence electrons. The first-order chi connectivity index (χ1) is 14.7. The minimum absolute atomic E-state index is 0.269. The van der Waals surface area contributed by atoms with Gasteiger partial charge in [0.1, 0.15) is 17.1 Å². The second-order valence-corrected chi connectivity index (χ2v) is 6.57. The summed E-state index contributed by atoms with van der Waals surface area (Å²) < 4.78 is 16.3. The van der Waals surface area contributed by atoms with Gasteiger partial charge in [0.05, 0.1) is 18.8 Å². The summed E-state index contributed by atoms with van der Waals surface area (Å²) in [6.45, 7) is 2.60. The molecule has 0 heterocycles. The van der Waals surface area contributed by atoms with Crippen molar-refractivity contribution in [2.24, 2.45) is 0 Å². The maximum atomic E-state index is 12.5. The highest BCUT2D eigenvalue weighted by molar-refractivity contribution is 5.94. The molecule has 0 unspecified atom stereocenters. The molecule has 5 nitrogen and oxygen atoms in total. The van der Waals surface area contributed by atoms with Crippen LogP contribution in [0.4, 0.5) is 0 Å². The van der Waals surface area contributed by atoms with Gasteiger partial charge in [-0.2, -0.15) is 0 Å². The lowest BCUT2D eigenvalue weighted by Crippen LogP contribution is -2.12. The monoisotopic (exact) mass is 404 g/mol. The maximum absolute atomic E-state index is 12.5. The number of carbonyl (C=O) groups excluding carboxylic acids is 2. The Hall–Kier alpha value is -3.60. The summed E-state index contributed by atoms with van der Waals surface area (Å²) >= 11 is 0. The number of ether oxygens (including phenoxy) is 3. The van der Waals surface area contributed by atoms with Crippen LogP contribution in [0.1, 0.15) is 39.6 Å². The molecule has 0 aliphatic rings. The Kier molecular flexibility index (Phi) is 7.61. The average molecular weight is 404 g/mol. The number of esters is 2. The van der Waals surface area contributed by atoms with Crippen molar-refractivity contribution < 1.29 is 23.8 Å². The Balaban J connectivity index is 1.56. The van der Waals surface area contributed by atoms with E-state index in [1.807, 2.05) is 37.3 Å². The van der Waals surface area contributed by atoms with Crippen LogP contribution < -0.4 is 9.47 Å². The minimum Gasteiger partial charge on any atom is -0.493 e. The average Bonchev–Trinajstić information content (AvgIpc) is 2.78. The molecule has 0 bridgehead atoms. The topological polar surface area (TPSA) is 61.8 Å². The van der Waals surface area contributed by atoms with Crippen molar-refractivity contribution in [2.75, 3.05) is 13.2 Å². The maximum Gasteiger partial charge on any atom is 0.347 e. The highest BCUT2D eigenvalue weighted by Gasteiger charge is 2.15. The molecular formula is C25H24O5. The molecule has 0 aromatic heterocycles. The van der Waals surface area contributed by atoms with Crippen molar-refractivity contribution in [3.05, 3.63) is 95.6 Å². The second-order valence-electron chi connectivity index (χ2n) is 6.57. The predicted octanol–water partition coefficient (Wildman–Crippen LogP) is 5.09. The van der Waals surface area contributed by atoms with Crippen LogP contribution in [0.3, 0.4) is 0 Å². The van der Waals surface area contributed by atoms with Gasteiger partial charge in [0.2, 0.25) is 0 Å². The van der Waals surface area contributed by atoms with Crippen LogP contribution in [0.5, 0.6) is 11.5 Å². The highest BCUT2D eigenvalue weighted by atomic mass is 16.5. The quantitative estimate of drug-likeness (QED) is 0.282. The first kappa shape index (κ1) is 21.1. The molecule has 3 aromatic rings. The Morgan fingerprint density at radius 1 is 0.833 bits per heavy atom. The molecule has 0 fully saturated rings. The number of hydrogen-bond acceptors (Lipinski definition) is 5. The van der Waals surface area contributed by atoms with Crippen molar-refractivity contribution in [1.82, 2.24) is 0 Å². The summed E-state index contributed by atoms with van der Waals surface area (Å²) in [5.74, 6) is -0.271. The van der Waals surface area contributed by atoms with Gasteiger partial charge in [0.25, 0.3) is 0 Å². The summed E-state index contributed by atoms with van der Waals surface area (Å²) in [6.07, 6.45) is 1.57. The summed E-state index contributed by atoms with van der Waals surface area (Å²) in [7, 11) is 0. The van der Waals surface area contributed by atoms with E-state index in [0.29, 0.717) is 30.1 Å². The van der Waals surface area contributed by atoms with E-state index in [9.17, 15) is 9.59 Å². The molecule has 0 amide bonds. The lowest BCUT2D eigenvalue weighted by Gasteiger charge is -2.10. The van der Waals surface area contributed by atoms with Crippen molar-refractivity contribution >= 4 is 11.9 Å². The number of benzene rings is 3. The van der Waals surface area contributed by atoms with Crippen LogP contribution in [0, 0.1) is 0 Å². The lowest BCUT2D eigenvalue weighted by molar-refractivity contribution is 0.0498. The summed E-state index contributed by atoms with van der Waals surface area (Å²) in [5, 5.41) is 0. The molecule has 3 aromatic carbocycles. The van der Waals surface area contributed by atoms with Crippen LogP contribution in [-0.2, 0) is 11.2 Å². The Morgan fingerprint density at radius 3 is 2.40 bits per heavy atom. The molecule has 3 rings (SSSR count). The van der Waals surface area contributed by atoms with Crippen molar-refractivity contribution in [3.8, 4) is 11.5 Å². The zero-order valence-corrected chi connectivity index (χ0v) is 16.9. The largest absolute Gasteiger partial charge is 0.493 e. The molecule has 5 heteroatoms. The van der Waals surface area contributed by atoms with Crippen LogP contribution in [0.15, 0.2) is 78.9 Å². The van der Waals surface area contributed by atoms with Gasteiger partial charge in [0.15, 0.2) is 0 Å². The molecule has 0 N–H and O–H groups in total. The van der Waals surface area contributed by atoms with Gasteiger partial charge in [-0.25, -0.2) is 9.59 Å². The van der Waals surface area contributed by atoms with E-state index in [0.717, 1.165) is 12.8 Å². The fourth-order valence-electron chi connectivity index (χ4n) is 2.93. The van der Waals surface area contributed by atoms with E-state index in [1.54, 1.807) is 42.5 Å². The van der Waals surface area contributed by atoms with Crippen LogP contribution in [0.25, 0.3) is 0 Å². The highest BCUT2D eigenvalue weighted by Crippen LogP contribution is 2.22. The molecule has 0 radical (unpaired) electrons. The summed E-state index contributed by atoms with van der Waals surface area (Å²) in [4.78, 5) is 24.8. The SMILES string of the molecule is CCOc1ccccc1C(=O)Oc1cccc(C(=O)OCCCc2ccccc2)c1. The van der Waals surface area contributed by atoms with E-state index < -0.39 is 11.9 Å². The molecule has 30 heavy (non-hydrogen) atoms. The number of aryl methyl sites for hydroxylation is 1. The molecule has 0 saturated carbocycles. The third-order valence-electron chi connectivity index (χ3n) is 4.37. The Morgan fingerprint density at radius 2 is 1.60 bits per heavy atom. The standard InChI is InChI=1S/C25H24O5/c1-2-28-23-16-7-6-15-22(23)25(27)30-21-14-8-13-20(18-21)24(26)29-17-9-12-19-10-4-3-5-11-19/h3-8,10-11,13-16,18H,2,9,12,17H2,1H3. The van der Waals surface area contributed by atoms with E-state index in [1.165, 1.54) is 11.6 Å². The van der Waals surface area contributed by atoms with Crippen LogP contribution in [-0.4, -0.2) is 25.2 Å². The fraction of sp³-hybridized carbons (Fsp3) is 0.200. The van der Waals surface area contributed by atoms with Gasteiger partial charge in [0, 0.05) is 0 Å². The lowest BCUT2D eigenvalue weighted by atomic mass is 10.1. The minimum atomic E-state index is -0.549. The summed E-state index contributed by atoms with van der Waals surface area (Å²) in [5.41, 5.74) is 1.86. The van der Waals surface area contributed by atoms with Gasteiger partial charge < -0.3 is 14.2 Å². The second kappa shape index (κ2) is 10.8. The molecule has 0 saturated heterocycles. The first-order valence-corrected chi connectivity index (χ1v) is 9.92. The Bertz CT molecular complexity index is 982. The van der Waals surface area contributed by atoms with E-state index in [-0.39, 0.29) is 5.75 Å². The zero-order chi connectivity index (χ0) is 21.2. The van der Waals surface area contributed by atoms with Gasteiger partial charge in [-0.3, -0.25) is 0 Å². The number of rotatable bonds is 9. The smallest absolute Gasteiger partial charge is 0.347 e. The third-order valence-corrected chi connectivity index (χ3v) is 4.37. The fourth-order valence-corrected chi connectivity index (χ4v) is 2.93. The molecule has 0 spiro atoms. The van der Waals surface area contributed by atoms with Crippen molar-refractivity contribution in [2.45, 2.75) is 19.8 Å². The van der Waals surface area contributed by atoms with E-state index >= 15 is 0 Å². The van der Waals surface area contributed by atoms with Crippen molar-refractivity contribution in [3.63, 3.8) is 0 Å².